The van der Waals surface area contributed by atoms with Crippen molar-refractivity contribution in [2.24, 2.45) is 0 Å². The monoisotopic (exact) mass is 577 g/mol. The SMILES string of the molecule is Cc1cc(C)c(B(c2ncc(-c3cccc(-n4cc(-c5c(C)cc(C)cc5C)cn4)c3)o2)c2c(C)cc(C)cc2C)c(C)c1. The van der Waals surface area contributed by atoms with Gasteiger partial charge in [0.1, 0.15) is 0 Å². The molecule has 0 spiro atoms. The molecule has 5 heteroatoms. The van der Waals surface area contributed by atoms with Crippen LogP contribution in [-0.4, -0.2) is 21.5 Å². The molecule has 0 radical (unpaired) electrons. The number of oxazole rings is 1. The molecule has 0 aliphatic carbocycles. The summed E-state index contributed by atoms with van der Waals surface area (Å²) in [5.74, 6) is 1.46. The second-order valence-electron chi connectivity index (χ2n) is 12.6. The molecule has 0 bridgehead atoms. The van der Waals surface area contributed by atoms with Crippen molar-refractivity contribution in [3.8, 4) is 28.1 Å². The van der Waals surface area contributed by atoms with E-state index in [1.807, 2.05) is 17.1 Å². The third kappa shape index (κ3) is 5.43. The van der Waals surface area contributed by atoms with Gasteiger partial charge in [-0.15, -0.1) is 0 Å². The summed E-state index contributed by atoms with van der Waals surface area (Å²) < 4.78 is 8.63. The first-order valence-electron chi connectivity index (χ1n) is 15.3. The van der Waals surface area contributed by atoms with E-state index in [4.69, 9.17) is 14.5 Å². The average Bonchev–Trinajstić information content (AvgIpc) is 3.61. The Morgan fingerprint density at radius 2 is 1.11 bits per heavy atom. The van der Waals surface area contributed by atoms with Gasteiger partial charge in [0.15, 0.2) is 11.6 Å². The first kappa shape index (κ1) is 29.4. The molecule has 220 valence electrons. The number of aryl methyl sites for hydroxylation is 9. The summed E-state index contributed by atoms with van der Waals surface area (Å²) in [4.78, 5) is 4.94. The van der Waals surface area contributed by atoms with Crippen molar-refractivity contribution in [3.63, 3.8) is 0 Å². The highest BCUT2D eigenvalue weighted by atomic mass is 16.3. The predicted molar refractivity (Wildman–Crippen MR) is 185 cm³/mol. The number of aromatic nitrogens is 3. The van der Waals surface area contributed by atoms with E-state index in [-0.39, 0.29) is 6.71 Å². The van der Waals surface area contributed by atoms with Gasteiger partial charge < -0.3 is 4.42 Å². The van der Waals surface area contributed by atoms with Gasteiger partial charge in [-0.25, -0.2) is 9.67 Å². The van der Waals surface area contributed by atoms with Crippen LogP contribution < -0.4 is 16.7 Å². The van der Waals surface area contributed by atoms with Crippen molar-refractivity contribution in [1.29, 1.82) is 0 Å². The number of nitrogens with zero attached hydrogens (tertiary/aromatic N) is 3. The summed E-state index contributed by atoms with van der Waals surface area (Å²) in [7, 11) is 0. The summed E-state index contributed by atoms with van der Waals surface area (Å²) in [6.07, 6.45) is 5.93. The van der Waals surface area contributed by atoms with Crippen molar-refractivity contribution in [1.82, 2.24) is 14.8 Å². The fraction of sp³-hybridized carbons (Fsp3) is 0.231. The zero-order valence-corrected chi connectivity index (χ0v) is 27.3. The minimum atomic E-state index is -0.109. The summed E-state index contributed by atoms with van der Waals surface area (Å²) in [5.41, 5.74) is 18.2. The molecular formula is C39H40BN3O. The fourth-order valence-corrected chi connectivity index (χ4v) is 7.27. The molecule has 2 heterocycles. The molecule has 6 aromatic rings. The van der Waals surface area contributed by atoms with Crippen LogP contribution in [0.5, 0.6) is 0 Å². The molecule has 0 aliphatic heterocycles. The fourth-order valence-electron chi connectivity index (χ4n) is 7.27. The molecule has 2 aromatic heterocycles. The molecular weight excluding hydrogens is 537 g/mol. The molecule has 0 aliphatic rings. The van der Waals surface area contributed by atoms with Gasteiger partial charge in [0.05, 0.1) is 18.1 Å². The Bertz CT molecular complexity index is 1900. The molecule has 4 nitrogen and oxygen atoms in total. The maximum Gasteiger partial charge on any atom is 0.314 e. The third-order valence-corrected chi connectivity index (χ3v) is 8.77. The molecule has 0 atom stereocenters. The highest BCUT2D eigenvalue weighted by molar-refractivity contribution is 6.95. The van der Waals surface area contributed by atoms with Crippen molar-refractivity contribution < 1.29 is 4.42 Å². The van der Waals surface area contributed by atoms with Crippen LogP contribution in [0.1, 0.15) is 50.1 Å². The molecule has 0 saturated carbocycles. The number of benzene rings is 4. The standard InChI is InChI=1S/C39H40BN3O/c1-23-13-26(4)36(27(5)14-23)33-20-42-43(22-33)34-12-10-11-32(19-34)35-21-41-39(44-35)40(37-28(6)15-24(2)16-29(37)7)38-30(8)17-25(3)18-31(38)9/h10-22H,1-9H3. The first-order valence-corrected chi connectivity index (χ1v) is 15.3. The summed E-state index contributed by atoms with van der Waals surface area (Å²) >= 11 is 0. The lowest BCUT2D eigenvalue weighted by atomic mass is 9.37. The molecule has 0 fully saturated rings. The van der Waals surface area contributed by atoms with E-state index in [9.17, 15) is 0 Å². The van der Waals surface area contributed by atoms with Gasteiger partial charge in [-0.1, -0.05) is 98.4 Å². The second-order valence-corrected chi connectivity index (χ2v) is 12.6. The van der Waals surface area contributed by atoms with E-state index >= 15 is 0 Å². The van der Waals surface area contributed by atoms with E-state index in [1.165, 1.54) is 66.6 Å². The van der Waals surface area contributed by atoms with Crippen LogP contribution in [0.4, 0.5) is 0 Å². The Hall–Kier alpha value is -4.64. The zero-order valence-electron chi connectivity index (χ0n) is 27.3. The number of rotatable bonds is 6. The average molecular weight is 578 g/mol. The Labute approximate surface area is 261 Å². The number of hydrogen-bond acceptors (Lipinski definition) is 3. The van der Waals surface area contributed by atoms with Gasteiger partial charge in [-0.05, 0) is 91.1 Å². The minimum Gasteiger partial charge on any atom is -0.450 e. The van der Waals surface area contributed by atoms with Crippen molar-refractivity contribution >= 4 is 23.4 Å². The third-order valence-electron chi connectivity index (χ3n) is 8.77. The van der Waals surface area contributed by atoms with E-state index < -0.39 is 0 Å². The molecule has 6 rings (SSSR count). The molecule has 0 unspecified atom stereocenters. The molecule has 0 amide bonds. The minimum absolute atomic E-state index is 0.109. The topological polar surface area (TPSA) is 43.9 Å². The quantitative estimate of drug-likeness (QED) is 0.193. The maximum atomic E-state index is 6.69. The van der Waals surface area contributed by atoms with Crippen molar-refractivity contribution in [2.75, 3.05) is 0 Å². The molecule has 0 N–H and O–H groups in total. The second kappa shape index (κ2) is 11.5. The van der Waals surface area contributed by atoms with Crippen LogP contribution in [0.15, 0.2) is 83.7 Å². The molecule has 4 aromatic carbocycles. The van der Waals surface area contributed by atoms with Gasteiger partial charge in [0, 0.05) is 17.3 Å². The van der Waals surface area contributed by atoms with Crippen LogP contribution in [0.25, 0.3) is 28.1 Å². The summed E-state index contributed by atoms with van der Waals surface area (Å²) in [5, 5.41) is 4.74. The molecule has 44 heavy (non-hydrogen) atoms. The lowest BCUT2D eigenvalue weighted by Gasteiger charge is -2.21. The Morgan fingerprint density at radius 1 is 0.591 bits per heavy atom. The van der Waals surface area contributed by atoms with Gasteiger partial charge in [0.25, 0.3) is 0 Å². The zero-order chi connectivity index (χ0) is 31.3. The van der Waals surface area contributed by atoms with Crippen LogP contribution in [0.3, 0.4) is 0 Å². The van der Waals surface area contributed by atoms with Gasteiger partial charge >= 0.3 is 6.71 Å². The highest BCUT2D eigenvalue weighted by Gasteiger charge is 2.33. The maximum absolute atomic E-state index is 6.69. The van der Waals surface area contributed by atoms with Crippen LogP contribution in [0.2, 0.25) is 0 Å². The van der Waals surface area contributed by atoms with Crippen LogP contribution in [0, 0.1) is 62.3 Å². The summed E-state index contributed by atoms with van der Waals surface area (Å²) in [6, 6.07) is 21.8. The first-order chi connectivity index (χ1) is 21.0. The lowest BCUT2D eigenvalue weighted by Crippen LogP contribution is -2.56. The highest BCUT2D eigenvalue weighted by Crippen LogP contribution is 2.29. The Balaban J connectivity index is 1.41. The van der Waals surface area contributed by atoms with E-state index in [0.29, 0.717) is 5.79 Å². The normalized spacial score (nSPS) is 11.3. The van der Waals surface area contributed by atoms with Gasteiger partial charge in [-0.2, -0.15) is 5.10 Å². The lowest BCUT2D eigenvalue weighted by molar-refractivity contribution is 0.609. The van der Waals surface area contributed by atoms with Crippen LogP contribution >= 0.6 is 0 Å². The summed E-state index contributed by atoms with van der Waals surface area (Å²) in [6.45, 7) is 19.5. The molecule has 0 saturated heterocycles. The number of hydrogen-bond donors (Lipinski definition) is 0. The van der Waals surface area contributed by atoms with Crippen molar-refractivity contribution in [2.45, 2.75) is 62.3 Å². The van der Waals surface area contributed by atoms with E-state index in [0.717, 1.165) is 22.6 Å². The van der Waals surface area contributed by atoms with E-state index in [1.54, 1.807) is 0 Å². The van der Waals surface area contributed by atoms with E-state index in [2.05, 4.69) is 129 Å². The van der Waals surface area contributed by atoms with Crippen molar-refractivity contribution in [3.05, 3.63) is 129 Å². The smallest absolute Gasteiger partial charge is 0.314 e. The van der Waals surface area contributed by atoms with Gasteiger partial charge in [0.2, 0.25) is 0 Å². The predicted octanol–water partition coefficient (Wildman–Crippen LogP) is 7.49. The Morgan fingerprint density at radius 3 is 1.66 bits per heavy atom. The van der Waals surface area contributed by atoms with Gasteiger partial charge in [-0.3, -0.25) is 0 Å². The van der Waals surface area contributed by atoms with Crippen LogP contribution in [-0.2, 0) is 0 Å². The Kier molecular flexibility index (Phi) is 7.67. The largest absolute Gasteiger partial charge is 0.450 e.